The Labute approximate surface area is 317 Å². The Bertz CT molecular complexity index is 1990. The smallest absolute Gasteiger partial charge is 0.147 e. The molecule has 0 saturated carbocycles. The van der Waals surface area contributed by atoms with Gasteiger partial charge >= 0.3 is 295 Å². The molecule has 0 N–H and O–H groups in total. The molecule has 0 radical (unpaired) electrons. The van der Waals surface area contributed by atoms with Crippen LogP contribution in [-0.2, 0) is 28.2 Å². The summed E-state index contributed by atoms with van der Waals surface area (Å²) in [5.74, 6) is 0.493. The molecule has 0 saturated heterocycles. The SMILES string of the molecule is CC1=Cc2c(-c3ccc(C(C)(C)C)cc3)ccc(C)c2[CH]1[Zr]([CH3])([CH3])(=[SiH2])[C]1=C2SC(C)C(c3ccc(C(C)(C)C)cc3)=C2C=C1C(C)C.Cl.Cl. The molecule has 5 heteroatoms. The topological polar surface area (TPSA) is 0 Å². The Morgan fingerprint density at radius 2 is 1.24 bits per heavy atom. The maximum absolute atomic E-state index is 3.76. The van der Waals surface area contributed by atoms with Crippen LogP contribution in [0.1, 0.15) is 106 Å². The van der Waals surface area contributed by atoms with Gasteiger partial charge in [-0.25, -0.2) is 0 Å². The van der Waals surface area contributed by atoms with Crippen LogP contribution >= 0.6 is 36.6 Å². The van der Waals surface area contributed by atoms with Crippen molar-refractivity contribution >= 4 is 55.1 Å². The van der Waals surface area contributed by atoms with Crippen LogP contribution in [-0.4, -0.2) is 12.1 Å². The van der Waals surface area contributed by atoms with Crippen LogP contribution in [0.4, 0.5) is 0 Å². The van der Waals surface area contributed by atoms with Gasteiger partial charge in [0.1, 0.15) is 0 Å². The molecule has 2 aliphatic carbocycles. The fourth-order valence-corrected chi connectivity index (χ4v) is 31.7. The fraction of sp³-hybridized carbons (Fsp3) is 0.409. The molecular weight excluding hydrogens is 751 g/mol. The van der Waals surface area contributed by atoms with Crippen molar-refractivity contribution in [3.8, 4) is 11.1 Å². The first kappa shape index (κ1) is 40.4. The van der Waals surface area contributed by atoms with Crippen molar-refractivity contribution in [2.24, 2.45) is 5.92 Å². The minimum absolute atomic E-state index is 0. The van der Waals surface area contributed by atoms with Gasteiger partial charge in [-0.05, 0) is 0 Å². The van der Waals surface area contributed by atoms with E-state index in [4.69, 9.17) is 0 Å². The van der Waals surface area contributed by atoms with Crippen LogP contribution in [0.3, 0.4) is 0 Å². The number of benzene rings is 3. The van der Waals surface area contributed by atoms with Crippen molar-refractivity contribution in [1.82, 2.24) is 0 Å². The fourth-order valence-electron chi connectivity index (χ4n) is 8.74. The molecule has 0 aromatic heterocycles. The molecule has 3 aromatic carbocycles. The molecule has 0 bridgehead atoms. The summed E-state index contributed by atoms with van der Waals surface area (Å²) in [4.78, 5) is 1.61. The molecule has 2 atom stereocenters. The first-order valence-corrected chi connectivity index (χ1v) is 32.0. The average Bonchev–Trinajstić information content (AvgIpc) is 3.62. The second-order valence-electron chi connectivity index (χ2n) is 18.1. The van der Waals surface area contributed by atoms with Gasteiger partial charge in [-0.2, -0.15) is 0 Å². The number of allylic oxidation sites excluding steroid dienone is 5. The van der Waals surface area contributed by atoms with Gasteiger partial charge in [0, 0.05) is 0 Å². The molecule has 1 heterocycles. The number of halogens is 2. The van der Waals surface area contributed by atoms with E-state index in [-0.39, 0.29) is 35.6 Å². The maximum atomic E-state index is 2.77. The van der Waals surface area contributed by atoms with Gasteiger partial charge in [-0.15, -0.1) is 24.8 Å². The summed E-state index contributed by atoms with van der Waals surface area (Å²) in [6, 6.07) is 23.7. The monoisotopic (exact) mass is 806 g/mol. The predicted molar refractivity (Wildman–Crippen MR) is 226 cm³/mol. The summed E-state index contributed by atoms with van der Waals surface area (Å²) in [7, 11) is 0. The van der Waals surface area contributed by atoms with Crippen molar-refractivity contribution in [3.05, 3.63) is 125 Å². The molecule has 2 unspecified atom stereocenters. The molecule has 262 valence electrons. The predicted octanol–water partition coefficient (Wildman–Crippen LogP) is 13.3. The largest absolute Gasteiger partial charge is 0.147 e. The minimum Gasteiger partial charge on any atom is -0.147 e. The van der Waals surface area contributed by atoms with E-state index in [1.807, 2.05) is 0 Å². The van der Waals surface area contributed by atoms with Crippen LogP contribution < -0.4 is 0 Å². The molecule has 0 spiro atoms. The van der Waals surface area contributed by atoms with E-state index in [1.165, 1.54) is 50.1 Å². The third kappa shape index (κ3) is 6.95. The second kappa shape index (κ2) is 13.6. The number of thioether (sulfide) groups is 1. The van der Waals surface area contributed by atoms with Gasteiger partial charge in [0.15, 0.2) is 0 Å². The van der Waals surface area contributed by atoms with Crippen molar-refractivity contribution in [1.29, 1.82) is 0 Å². The normalized spacial score (nSPS) is 19.4. The van der Waals surface area contributed by atoms with Crippen LogP contribution in [0.5, 0.6) is 0 Å². The van der Waals surface area contributed by atoms with Crippen LogP contribution in [0, 0.1) is 12.8 Å². The van der Waals surface area contributed by atoms with E-state index < -0.39 is 17.4 Å². The van der Waals surface area contributed by atoms with Gasteiger partial charge in [-0.3, -0.25) is 0 Å². The third-order valence-electron chi connectivity index (χ3n) is 11.2. The zero-order valence-corrected chi connectivity index (χ0v) is 38.4. The molecule has 0 fully saturated rings. The third-order valence-corrected chi connectivity index (χ3v) is 29.1. The van der Waals surface area contributed by atoms with Gasteiger partial charge in [0.25, 0.3) is 0 Å². The number of hydrogen-bond acceptors (Lipinski definition) is 1. The Morgan fingerprint density at radius 1 is 0.735 bits per heavy atom. The molecule has 0 nitrogen and oxygen atoms in total. The Kier molecular flexibility index (Phi) is 11.2. The summed E-state index contributed by atoms with van der Waals surface area (Å²) in [6.45, 7) is 28.3. The van der Waals surface area contributed by atoms with Crippen molar-refractivity contribution < 1.29 is 17.4 Å². The summed E-state index contributed by atoms with van der Waals surface area (Å²) in [6.07, 6.45) is 5.19. The molecule has 3 aromatic rings. The van der Waals surface area contributed by atoms with E-state index in [0.717, 1.165) is 0 Å². The quantitative estimate of drug-likeness (QED) is 0.231. The van der Waals surface area contributed by atoms with Crippen LogP contribution in [0.2, 0.25) is 9.26 Å². The molecular formula is C44H58Cl2SSiZr. The molecule has 1 aliphatic heterocycles. The zero-order chi connectivity index (χ0) is 34.5. The Balaban J connectivity index is 0.00000270. The van der Waals surface area contributed by atoms with Gasteiger partial charge in [0.2, 0.25) is 0 Å². The van der Waals surface area contributed by atoms with Crippen molar-refractivity contribution in [2.45, 2.75) is 105 Å². The molecule has 3 aliphatic rings. The number of rotatable bonds is 5. The number of hydrogen-bond donors (Lipinski definition) is 0. The van der Waals surface area contributed by atoms with Crippen LogP contribution in [0.15, 0.2) is 91.6 Å². The second-order valence-corrected chi connectivity index (χ2v) is 48.8. The first-order valence-electron chi connectivity index (χ1n) is 17.7. The Morgan fingerprint density at radius 3 is 1.73 bits per heavy atom. The van der Waals surface area contributed by atoms with E-state index >= 15 is 0 Å². The van der Waals surface area contributed by atoms with E-state index in [1.54, 1.807) is 24.9 Å². The summed E-state index contributed by atoms with van der Waals surface area (Å²) in [5, 5.41) is 0.450. The molecule has 6 rings (SSSR count). The first-order chi connectivity index (χ1) is 21.7. The molecule has 49 heavy (non-hydrogen) atoms. The van der Waals surface area contributed by atoms with E-state index in [0.29, 0.717) is 14.8 Å². The number of aryl methyl sites for hydroxylation is 1. The van der Waals surface area contributed by atoms with Crippen molar-refractivity contribution in [2.75, 3.05) is 0 Å². The number of fused-ring (bicyclic) bond motifs is 2. The minimum atomic E-state index is -3.76. The van der Waals surface area contributed by atoms with Crippen LogP contribution in [0.25, 0.3) is 22.8 Å². The average molecular weight is 809 g/mol. The summed E-state index contributed by atoms with van der Waals surface area (Å²) >= 11 is -1.61. The summed E-state index contributed by atoms with van der Waals surface area (Å²) < 4.78 is 7.81. The maximum Gasteiger partial charge on any atom is -0.147 e. The standard InChI is InChI=1S/C21H25S.C21H23.2CH3.2ClH.H2Si.Zr/c1-13(2)16-11-18-19(12-16)22-14(3)20(18)15-7-9-17(10-8-15)21(4,5)6;1-14-12-19-15(2)6-11-18(20(19)13-14)16-7-9-17(10-8-16)21(3,4)5;;;;;;/h7-11,13-14H,1-6H3;6-13H,1-5H3;2*1H3;2*1H;1H2;. The van der Waals surface area contributed by atoms with Gasteiger partial charge in [0.05, 0.1) is 0 Å². The zero-order valence-electron chi connectivity index (χ0n) is 32.1. The van der Waals surface area contributed by atoms with Gasteiger partial charge in [-0.1, -0.05) is 0 Å². The molecule has 0 amide bonds. The van der Waals surface area contributed by atoms with Gasteiger partial charge < -0.3 is 0 Å². The van der Waals surface area contributed by atoms with E-state index in [2.05, 4.69) is 177 Å². The van der Waals surface area contributed by atoms with Crippen molar-refractivity contribution in [3.63, 3.8) is 0 Å². The summed E-state index contributed by atoms with van der Waals surface area (Å²) in [5.41, 5.74) is 18.0. The Hall–Kier alpha value is -1.35. The van der Waals surface area contributed by atoms with E-state index in [9.17, 15) is 0 Å².